The number of hydrogen-bond acceptors (Lipinski definition) is 3. The summed E-state index contributed by atoms with van der Waals surface area (Å²) in [6.45, 7) is 1.02. The van der Waals surface area contributed by atoms with E-state index < -0.39 is 5.82 Å². The van der Waals surface area contributed by atoms with Crippen molar-refractivity contribution in [3.8, 4) is 0 Å². The van der Waals surface area contributed by atoms with Crippen LogP contribution in [-0.4, -0.2) is 29.1 Å². The third kappa shape index (κ3) is 3.70. The summed E-state index contributed by atoms with van der Waals surface area (Å²) in [5.41, 5.74) is 0.220. The van der Waals surface area contributed by atoms with Crippen molar-refractivity contribution < 1.29 is 9.18 Å². The van der Waals surface area contributed by atoms with Gasteiger partial charge in [-0.05, 0) is 49.3 Å². The number of piperidine rings is 1. The van der Waals surface area contributed by atoms with Crippen molar-refractivity contribution in [1.29, 1.82) is 0 Å². The van der Waals surface area contributed by atoms with Crippen molar-refractivity contribution in [1.82, 2.24) is 10.2 Å². The lowest BCUT2D eigenvalue weighted by Crippen LogP contribution is -2.50. The van der Waals surface area contributed by atoms with E-state index in [1.807, 2.05) is 0 Å². The second-order valence-corrected chi connectivity index (χ2v) is 7.92. The van der Waals surface area contributed by atoms with Gasteiger partial charge in [0.15, 0.2) is 0 Å². The van der Waals surface area contributed by atoms with Crippen molar-refractivity contribution >= 4 is 23.1 Å². The van der Waals surface area contributed by atoms with E-state index in [1.165, 1.54) is 23.8 Å². The monoisotopic (exact) mass is 359 g/mol. The second kappa shape index (κ2) is 7.14. The van der Waals surface area contributed by atoms with Gasteiger partial charge in [-0.15, -0.1) is 11.3 Å². The first-order valence-corrected chi connectivity index (χ1v) is 9.67. The largest absolute Gasteiger partial charge is 0.335 e. The zero-order chi connectivity index (χ0) is 17.2. The number of para-hydroxylation sites is 1. The van der Waals surface area contributed by atoms with Crippen LogP contribution in [0.2, 0.25) is 0 Å². The fourth-order valence-corrected chi connectivity index (χ4v) is 4.85. The molecule has 0 saturated carbocycles. The van der Waals surface area contributed by atoms with Gasteiger partial charge >= 0.3 is 6.03 Å². The molecule has 132 valence electrons. The Morgan fingerprint density at radius 1 is 1.16 bits per heavy atom. The number of nitrogens with zero attached hydrogens (tertiary/aromatic N) is 1. The van der Waals surface area contributed by atoms with Gasteiger partial charge in [0.2, 0.25) is 0 Å². The Balaban J connectivity index is 1.33. The molecule has 1 unspecified atom stereocenters. The van der Waals surface area contributed by atoms with Crippen LogP contribution in [0.15, 0.2) is 41.8 Å². The van der Waals surface area contributed by atoms with Crippen LogP contribution in [-0.2, 0) is 6.54 Å². The maximum absolute atomic E-state index is 13.6. The van der Waals surface area contributed by atoms with Gasteiger partial charge in [0, 0.05) is 29.5 Å². The fourth-order valence-electron chi connectivity index (χ4n) is 4.14. The van der Waals surface area contributed by atoms with Gasteiger partial charge in [-0.1, -0.05) is 18.2 Å². The average Bonchev–Trinajstić information content (AvgIpc) is 3.17. The summed E-state index contributed by atoms with van der Waals surface area (Å²) in [7, 11) is 0. The number of rotatable bonds is 4. The zero-order valence-corrected chi connectivity index (χ0v) is 14.8. The van der Waals surface area contributed by atoms with Crippen molar-refractivity contribution in [3.05, 3.63) is 52.5 Å². The molecular formula is C19H22FN3OS. The molecule has 2 fully saturated rings. The minimum atomic E-state index is -0.413. The zero-order valence-electron chi connectivity index (χ0n) is 14.0. The normalized spacial score (nSPS) is 25.7. The van der Waals surface area contributed by atoms with E-state index >= 15 is 0 Å². The average molecular weight is 359 g/mol. The molecule has 2 saturated heterocycles. The van der Waals surface area contributed by atoms with Gasteiger partial charge in [0.1, 0.15) is 5.82 Å². The number of amides is 2. The molecule has 0 aliphatic carbocycles. The Bertz CT molecular complexity index is 722. The first kappa shape index (κ1) is 16.5. The standard InChI is InChI=1S/C19H22FN3OS/c20-17-5-1-2-6-18(17)22-19(24)21-13-10-14-7-8-15(11-13)23(14)12-16-4-3-9-25-16/h1-6,9,13-15H,7-8,10-12H2,(H2,21,22,24)/t13?,14-,15+. The molecule has 6 heteroatoms. The topological polar surface area (TPSA) is 44.4 Å². The molecule has 2 amide bonds. The number of halogens is 1. The van der Waals surface area contributed by atoms with E-state index in [9.17, 15) is 9.18 Å². The molecule has 2 N–H and O–H groups in total. The third-order valence-electron chi connectivity index (χ3n) is 5.26. The Morgan fingerprint density at radius 2 is 1.92 bits per heavy atom. The van der Waals surface area contributed by atoms with Crippen molar-refractivity contribution in [2.24, 2.45) is 0 Å². The molecule has 4 rings (SSSR count). The Hall–Kier alpha value is -1.92. The molecule has 4 nitrogen and oxygen atoms in total. The van der Waals surface area contributed by atoms with Gasteiger partial charge in [0.25, 0.3) is 0 Å². The van der Waals surface area contributed by atoms with Gasteiger partial charge in [-0.25, -0.2) is 9.18 Å². The maximum Gasteiger partial charge on any atom is 0.319 e. The quantitative estimate of drug-likeness (QED) is 0.859. The van der Waals surface area contributed by atoms with E-state index in [4.69, 9.17) is 0 Å². The summed E-state index contributed by atoms with van der Waals surface area (Å²) in [5.74, 6) is -0.413. The van der Waals surface area contributed by atoms with E-state index in [0.717, 1.165) is 19.4 Å². The Morgan fingerprint density at radius 3 is 2.60 bits per heavy atom. The minimum Gasteiger partial charge on any atom is -0.335 e. The summed E-state index contributed by atoms with van der Waals surface area (Å²) >= 11 is 1.81. The number of carbonyl (C=O) groups is 1. The number of thiophene rings is 1. The van der Waals surface area contributed by atoms with Crippen LogP contribution >= 0.6 is 11.3 Å². The smallest absolute Gasteiger partial charge is 0.319 e. The molecule has 2 aliphatic heterocycles. The molecular weight excluding hydrogens is 337 g/mol. The second-order valence-electron chi connectivity index (χ2n) is 6.88. The summed E-state index contributed by atoms with van der Waals surface area (Å²) in [4.78, 5) is 16.2. The number of anilines is 1. The molecule has 1 aromatic carbocycles. The molecule has 1 aromatic heterocycles. The van der Waals surface area contributed by atoms with E-state index in [0.29, 0.717) is 12.1 Å². The van der Waals surface area contributed by atoms with Crippen LogP contribution in [0.3, 0.4) is 0 Å². The van der Waals surface area contributed by atoms with Crippen molar-refractivity contribution in [3.63, 3.8) is 0 Å². The first-order valence-electron chi connectivity index (χ1n) is 8.79. The highest BCUT2D eigenvalue weighted by Crippen LogP contribution is 2.37. The van der Waals surface area contributed by atoms with Crippen LogP contribution < -0.4 is 10.6 Å². The van der Waals surface area contributed by atoms with Crippen LogP contribution in [0.4, 0.5) is 14.9 Å². The van der Waals surface area contributed by atoms with Gasteiger partial charge < -0.3 is 10.6 Å². The highest BCUT2D eigenvalue weighted by Gasteiger charge is 2.41. The molecule has 2 aliphatic rings. The van der Waals surface area contributed by atoms with Crippen LogP contribution in [0.1, 0.15) is 30.6 Å². The maximum atomic E-state index is 13.6. The van der Waals surface area contributed by atoms with Crippen molar-refractivity contribution in [2.75, 3.05) is 5.32 Å². The van der Waals surface area contributed by atoms with Gasteiger partial charge in [-0.3, -0.25) is 4.90 Å². The molecule has 25 heavy (non-hydrogen) atoms. The van der Waals surface area contributed by atoms with Crippen LogP contribution in [0.5, 0.6) is 0 Å². The number of hydrogen-bond donors (Lipinski definition) is 2. The first-order chi connectivity index (χ1) is 12.2. The Labute approximate surface area is 151 Å². The van der Waals surface area contributed by atoms with E-state index in [1.54, 1.807) is 29.5 Å². The lowest BCUT2D eigenvalue weighted by molar-refractivity contribution is 0.113. The lowest BCUT2D eigenvalue weighted by Gasteiger charge is -2.39. The number of urea groups is 1. The van der Waals surface area contributed by atoms with E-state index in [2.05, 4.69) is 33.0 Å². The lowest BCUT2D eigenvalue weighted by atomic mass is 9.97. The fraction of sp³-hybridized carbons (Fsp3) is 0.421. The molecule has 2 bridgehead atoms. The van der Waals surface area contributed by atoms with Crippen LogP contribution in [0.25, 0.3) is 0 Å². The van der Waals surface area contributed by atoms with Crippen molar-refractivity contribution in [2.45, 2.75) is 50.4 Å². The van der Waals surface area contributed by atoms with Gasteiger partial charge in [0.05, 0.1) is 5.69 Å². The molecule has 2 aromatic rings. The minimum absolute atomic E-state index is 0.156. The van der Waals surface area contributed by atoms with Crippen LogP contribution in [0, 0.1) is 5.82 Å². The molecule has 0 spiro atoms. The molecule has 0 radical (unpaired) electrons. The molecule has 3 heterocycles. The summed E-state index contributed by atoms with van der Waals surface area (Å²) in [6, 6.07) is 11.4. The predicted molar refractivity (Wildman–Crippen MR) is 98.2 cm³/mol. The number of carbonyl (C=O) groups excluding carboxylic acids is 1. The highest BCUT2D eigenvalue weighted by molar-refractivity contribution is 7.09. The Kier molecular flexibility index (Phi) is 4.72. The van der Waals surface area contributed by atoms with E-state index in [-0.39, 0.29) is 17.8 Å². The SMILES string of the molecule is O=C(Nc1ccccc1F)NC1C[C@H]2CC[C@@H](C1)N2Cc1cccs1. The highest BCUT2D eigenvalue weighted by atomic mass is 32.1. The number of nitrogens with one attached hydrogen (secondary N) is 2. The third-order valence-corrected chi connectivity index (χ3v) is 6.12. The molecule has 3 atom stereocenters. The number of fused-ring (bicyclic) bond motifs is 2. The summed E-state index contributed by atoms with van der Waals surface area (Å²) < 4.78 is 13.6. The number of benzene rings is 1. The van der Waals surface area contributed by atoms with Gasteiger partial charge in [-0.2, -0.15) is 0 Å². The predicted octanol–water partition coefficient (Wildman–Crippen LogP) is 4.20. The summed E-state index contributed by atoms with van der Waals surface area (Å²) in [5, 5.41) is 7.78. The summed E-state index contributed by atoms with van der Waals surface area (Å²) in [6.07, 6.45) is 4.32.